The maximum atomic E-state index is 9.61. The van der Waals surface area contributed by atoms with Gasteiger partial charge in [-0.3, -0.25) is 0 Å². The van der Waals surface area contributed by atoms with E-state index in [4.69, 9.17) is 11.6 Å². The second-order valence-corrected chi connectivity index (χ2v) is 5.28. The zero-order valence-corrected chi connectivity index (χ0v) is 11.2. The van der Waals surface area contributed by atoms with E-state index < -0.39 is 0 Å². The zero-order chi connectivity index (χ0) is 13.2. The summed E-state index contributed by atoms with van der Waals surface area (Å²) in [7, 11) is 0. The number of nitrogens with zero attached hydrogens (tertiary/aromatic N) is 2. The Balaban J connectivity index is 1.80. The maximum Gasteiger partial charge on any atom is 0.0951 e. The van der Waals surface area contributed by atoms with Crippen LogP contribution in [0.15, 0.2) is 36.8 Å². The van der Waals surface area contributed by atoms with Gasteiger partial charge < -0.3 is 15.0 Å². The molecule has 0 aliphatic heterocycles. The van der Waals surface area contributed by atoms with Crippen molar-refractivity contribution in [3.63, 3.8) is 0 Å². The lowest BCUT2D eigenvalue weighted by atomic mass is 10.2. The van der Waals surface area contributed by atoms with Gasteiger partial charge in [-0.15, -0.1) is 0 Å². The number of benzene rings is 1. The van der Waals surface area contributed by atoms with Crippen molar-refractivity contribution >= 4 is 17.3 Å². The minimum Gasteiger partial charge on any atom is -0.394 e. The molecule has 0 spiro atoms. The van der Waals surface area contributed by atoms with Crippen molar-refractivity contribution in [3.8, 4) is 0 Å². The number of anilines is 1. The number of aliphatic hydroxyl groups excluding tert-OH is 1. The number of imidazole rings is 1. The quantitative estimate of drug-likeness (QED) is 0.883. The number of aliphatic hydroxyl groups is 1. The van der Waals surface area contributed by atoms with Crippen LogP contribution in [0.4, 0.5) is 5.69 Å². The SMILES string of the molecule is OCC(Nc1ccc(Cl)cc1)c1cncn1C1CC1. The lowest BCUT2D eigenvalue weighted by molar-refractivity contribution is 0.272. The fourth-order valence-corrected chi connectivity index (χ4v) is 2.33. The van der Waals surface area contributed by atoms with Crippen LogP contribution in [0.5, 0.6) is 0 Å². The first-order valence-electron chi connectivity index (χ1n) is 6.42. The van der Waals surface area contributed by atoms with E-state index in [0.717, 1.165) is 11.4 Å². The Hall–Kier alpha value is -1.52. The molecule has 0 bridgehead atoms. The predicted molar refractivity (Wildman–Crippen MR) is 75.4 cm³/mol. The van der Waals surface area contributed by atoms with Gasteiger partial charge in [0.2, 0.25) is 0 Å². The first-order valence-corrected chi connectivity index (χ1v) is 6.80. The summed E-state index contributed by atoms with van der Waals surface area (Å²) in [5, 5.41) is 13.6. The molecule has 4 nitrogen and oxygen atoms in total. The van der Waals surface area contributed by atoms with Crippen LogP contribution >= 0.6 is 11.6 Å². The monoisotopic (exact) mass is 277 g/mol. The van der Waals surface area contributed by atoms with E-state index in [9.17, 15) is 5.11 Å². The standard InChI is InChI=1S/C14H16ClN3O/c15-10-1-3-11(4-2-10)17-13(8-19)14-7-16-9-18(14)12-5-6-12/h1-4,7,9,12-13,17,19H,5-6,8H2. The topological polar surface area (TPSA) is 50.1 Å². The summed E-state index contributed by atoms with van der Waals surface area (Å²) >= 11 is 5.87. The van der Waals surface area contributed by atoms with Gasteiger partial charge in [-0.25, -0.2) is 4.98 Å². The third-order valence-electron chi connectivity index (χ3n) is 3.36. The van der Waals surface area contributed by atoms with Crippen molar-refractivity contribution in [3.05, 3.63) is 47.5 Å². The fraction of sp³-hybridized carbons (Fsp3) is 0.357. The minimum atomic E-state index is -0.149. The average Bonchev–Trinajstić information content (AvgIpc) is 3.16. The predicted octanol–water partition coefficient (Wildman–Crippen LogP) is 3.02. The van der Waals surface area contributed by atoms with Gasteiger partial charge in [-0.2, -0.15) is 0 Å². The molecule has 1 heterocycles. The molecule has 1 unspecified atom stereocenters. The van der Waals surface area contributed by atoms with Gasteiger partial charge in [-0.05, 0) is 37.1 Å². The summed E-state index contributed by atoms with van der Waals surface area (Å²) in [6, 6.07) is 7.88. The van der Waals surface area contributed by atoms with Crippen LogP contribution in [-0.4, -0.2) is 21.3 Å². The van der Waals surface area contributed by atoms with Crippen LogP contribution in [0.25, 0.3) is 0 Å². The molecule has 1 atom stereocenters. The summed E-state index contributed by atoms with van der Waals surface area (Å²) in [6.45, 7) is 0.0288. The van der Waals surface area contributed by atoms with Crippen molar-refractivity contribution in [1.82, 2.24) is 9.55 Å². The molecule has 100 valence electrons. The van der Waals surface area contributed by atoms with E-state index in [1.165, 1.54) is 12.8 Å². The Morgan fingerprint density at radius 3 is 2.74 bits per heavy atom. The number of rotatable bonds is 5. The lowest BCUT2D eigenvalue weighted by Gasteiger charge is -2.19. The third kappa shape index (κ3) is 2.74. The third-order valence-corrected chi connectivity index (χ3v) is 3.61. The Bertz CT molecular complexity index is 548. The molecule has 1 saturated carbocycles. The molecule has 5 heteroatoms. The highest BCUT2D eigenvalue weighted by atomic mass is 35.5. The van der Waals surface area contributed by atoms with Crippen LogP contribution in [0.3, 0.4) is 0 Å². The van der Waals surface area contributed by atoms with E-state index in [1.807, 2.05) is 36.8 Å². The van der Waals surface area contributed by atoms with Gasteiger partial charge in [0.05, 0.1) is 30.9 Å². The van der Waals surface area contributed by atoms with E-state index >= 15 is 0 Å². The molecule has 1 aromatic carbocycles. The molecule has 1 aliphatic carbocycles. The van der Waals surface area contributed by atoms with E-state index in [-0.39, 0.29) is 12.6 Å². The fourth-order valence-electron chi connectivity index (χ4n) is 2.20. The van der Waals surface area contributed by atoms with Crippen LogP contribution in [0, 0.1) is 0 Å². The van der Waals surface area contributed by atoms with Gasteiger partial charge in [0, 0.05) is 16.8 Å². The Morgan fingerprint density at radius 1 is 1.37 bits per heavy atom. The number of nitrogens with one attached hydrogen (secondary N) is 1. The van der Waals surface area contributed by atoms with Crippen molar-refractivity contribution in [1.29, 1.82) is 0 Å². The van der Waals surface area contributed by atoms with Crippen LogP contribution in [-0.2, 0) is 0 Å². The van der Waals surface area contributed by atoms with Crippen molar-refractivity contribution in [2.75, 3.05) is 11.9 Å². The van der Waals surface area contributed by atoms with Crippen molar-refractivity contribution in [2.45, 2.75) is 24.9 Å². The highest BCUT2D eigenvalue weighted by molar-refractivity contribution is 6.30. The second kappa shape index (κ2) is 5.23. The molecule has 1 fully saturated rings. The van der Waals surface area contributed by atoms with Crippen LogP contribution in [0.2, 0.25) is 5.02 Å². The summed E-state index contributed by atoms with van der Waals surface area (Å²) in [5.41, 5.74) is 1.96. The molecule has 2 aromatic rings. The highest BCUT2D eigenvalue weighted by Crippen LogP contribution is 2.37. The Kier molecular flexibility index (Phi) is 3.44. The second-order valence-electron chi connectivity index (χ2n) is 4.84. The number of aromatic nitrogens is 2. The van der Waals surface area contributed by atoms with E-state index in [0.29, 0.717) is 11.1 Å². The molecule has 0 amide bonds. The highest BCUT2D eigenvalue weighted by Gasteiger charge is 2.27. The van der Waals surface area contributed by atoms with E-state index in [2.05, 4.69) is 14.9 Å². The molecule has 2 N–H and O–H groups in total. The Morgan fingerprint density at radius 2 is 2.11 bits per heavy atom. The molecule has 0 radical (unpaired) electrons. The van der Waals surface area contributed by atoms with Crippen molar-refractivity contribution in [2.24, 2.45) is 0 Å². The molecule has 1 aromatic heterocycles. The van der Waals surface area contributed by atoms with Gasteiger partial charge in [0.15, 0.2) is 0 Å². The summed E-state index contributed by atoms with van der Waals surface area (Å²) in [4.78, 5) is 4.20. The number of halogens is 1. The molecular weight excluding hydrogens is 262 g/mol. The zero-order valence-electron chi connectivity index (χ0n) is 10.5. The van der Waals surface area contributed by atoms with E-state index in [1.54, 1.807) is 0 Å². The summed E-state index contributed by atoms with van der Waals surface area (Å²) in [5.74, 6) is 0. The average molecular weight is 278 g/mol. The van der Waals surface area contributed by atoms with Gasteiger partial charge in [0.1, 0.15) is 0 Å². The summed E-state index contributed by atoms with van der Waals surface area (Å²) in [6.07, 6.45) is 6.06. The first kappa shape index (κ1) is 12.5. The van der Waals surface area contributed by atoms with Gasteiger partial charge >= 0.3 is 0 Å². The van der Waals surface area contributed by atoms with Crippen LogP contribution in [0.1, 0.15) is 30.6 Å². The first-order chi connectivity index (χ1) is 9.28. The lowest BCUT2D eigenvalue weighted by Crippen LogP contribution is -2.18. The van der Waals surface area contributed by atoms with Gasteiger partial charge in [-0.1, -0.05) is 11.6 Å². The normalized spacial score (nSPS) is 16.3. The summed E-state index contributed by atoms with van der Waals surface area (Å²) < 4.78 is 2.16. The number of hydrogen-bond donors (Lipinski definition) is 2. The molecule has 19 heavy (non-hydrogen) atoms. The minimum absolute atomic E-state index is 0.0288. The molecular formula is C14H16ClN3O. The van der Waals surface area contributed by atoms with Crippen LogP contribution < -0.4 is 5.32 Å². The largest absolute Gasteiger partial charge is 0.394 e. The molecule has 3 rings (SSSR count). The molecule has 1 aliphatic rings. The number of hydrogen-bond acceptors (Lipinski definition) is 3. The Labute approximate surface area is 117 Å². The molecule has 0 saturated heterocycles. The van der Waals surface area contributed by atoms with Gasteiger partial charge in [0.25, 0.3) is 0 Å². The van der Waals surface area contributed by atoms with Crippen molar-refractivity contribution < 1.29 is 5.11 Å². The maximum absolute atomic E-state index is 9.61. The smallest absolute Gasteiger partial charge is 0.0951 e.